The van der Waals surface area contributed by atoms with E-state index in [9.17, 15) is 9.90 Å². The van der Waals surface area contributed by atoms with Gasteiger partial charge in [0, 0.05) is 5.39 Å². The summed E-state index contributed by atoms with van der Waals surface area (Å²) in [5, 5.41) is 22.5. The largest absolute Gasteiger partial charge is 0.493 e. The van der Waals surface area contributed by atoms with Gasteiger partial charge >= 0.3 is 0 Å². The Morgan fingerprint density at radius 3 is 2.76 bits per heavy atom. The molecule has 4 aromatic rings. The van der Waals surface area contributed by atoms with E-state index in [-0.39, 0.29) is 11.6 Å². The van der Waals surface area contributed by atoms with Crippen LogP contribution in [0.2, 0.25) is 0 Å². The SMILES string of the molecule is CC(C)c1ccc2[nH]c(O)c(N=NC(=O)[C@@H](C)Nc3nc4ccccc4s3)c2c1. The van der Waals surface area contributed by atoms with Crippen LogP contribution in [0.15, 0.2) is 52.7 Å². The molecule has 2 aromatic carbocycles. The number of hydrogen-bond donors (Lipinski definition) is 3. The molecule has 0 aliphatic heterocycles. The van der Waals surface area contributed by atoms with Crippen LogP contribution in [0.5, 0.6) is 5.88 Å². The van der Waals surface area contributed by atoms with Crippen molar-refractivity contribution < 1.29 is 9.90 Å². The first kappa shape index (κ1) is 19.1. The van der Waals surface area contributed by atoms with Gasteiger partial charge in [0.2, 0.25) is 5.88 Å². The number of fused-ring (bicyclic) bond motifs is 2. The van der Waals surface area contributed by atoms with E-state index in [1.165, 1.54) is 11.3 Å². The fraction of sp³-hybridized carbons (Fsp3) is 0.238. The number of nitrogens with zero attached hydrogens (tertiary/aromatic N) is 3. The van der Waals surface area contributed by atoms with E-state index in [4.69, 9.17) is 0 Å². The molecule has 2 aromatic heterocycles. The highest BCUT2D eigenvalue weighted by atomic mass is 32.1. The van der Waals surface area contributed by atoms with Gasteiger partial charge in [-0.05, 0) is 42.7 Å². The highest BCUT2D eigenvalue weighted by molar-refractivity contribution is 7.22. The minimum absolute atomic E-state index is 0.107. The Morgan fingerprint density at radius 2 is 2.00 bits per heavy atom. The zero-order valence-electron chi connectivity index (χ0n) is 16.3. The van der Waals surface area contributed by atoms with Gasteiger partial charge < -0.3 is 15.4 Å². The standard InChI is InChI=1S/C21H21N5O2S/c1-11(2)13-8-9-15-14(10-13)18(20(28)23-15)25-26-19(27)12(3)22-21-24-16-6-4-5-7-17(16)29-21/h4-12,23,28H,1-3H3,(H,22,24)/t12-/m1/s1. The topological polar surface area (TPSA) is 103 Å². The van der Waals surface area contributed by atoms with Gasteiger partial charge in [0.15, 0.2) is 10.8 Å². The van der Waals surface area contributed by atoms with Crippen molar-refractivity contribution in [2.24, 2.45) is 10.2 Å². The third-order valence-corrected chi connectivity index (χ3v) is 5.66. The summed E-state index contributed by atoms with van der Waals surface area (Å²) in [6, 6.07) is 13.0. The average molecular weight is 407 g/mol. The molecule has 0 saturated carbocycles. The molecule has 0 aliphatic rings. The molecule has 2 heterocycles. The summed E-state index contributed by atoms with van der Waals surface area (Å²) in [6.45, 7) is 5.89. The van der Waals surface area contributed by atoms with Crippen LogP contribution in [0.4, 0.5) is 10.8 Å². The number of anilines is 1. The fourth-order valence-corrected chi connectivity index (χ4v) is 3.96. The number of thiazole rings is 1. The quantitative estimate of drug-likeness (QED) is 0.368. The van der Waals surface area contributed by atoms with Crippen molar-refractivity contribution in [1.82, 2.24) is 9.97 Å². The maximum Gasteiger partial charge on any atom is 0.286 e. The summed E-state index contributed by atoms with van der Waals surface area (Å²) < 4.78 is 1.04. The number of carbonyl (C=O) groups is 1. The number of carbonyl (C=O) groups excluding carboxylic acids is 1. The van der Waals surface area contributed by atoms with Crippen LogP contribution in [0.25, 0.3) is 21.1 Å². The van der Waals surface area contributed by atoms with Gasteiger partial charge in [0.25, 0.3) is 5.91 Å². The van der Waals surface area contributed by atoms with Crippen LogP contribution in [0.1, 0.15) is 32.3 Å². The number of aromatic amines is 1. The number of aromatic hydroxyl groups is 1. The molecule has 148 valence electrons. The fourth-order valence-electron chi connectivity index (χ4n) is 3.01. The Bertz CT molecular complexity index is 1190. The second kappa shape index (κ2) is 7.63. The Morgan fingerprint density at radius 1 is 1.21 bits per heavy atom. The number of rotatable bonds is 5. The highest BCUT2D eigenvalue weighted by Crippen LogP contribution is 2.37. The average Bonchev–Trinajstić information content (AvgIpc) is 3.24. The zero-order chi connectivity index (χ0) is 20.5. The lowest BCUT2D eigenvalue weighted by atomic mass is 10.0. The third kappa shape index (κ3) is 3.84. The number of hydrogen-bond acceptors (Lipinski definition) is 6. The molecule has 1 amide bonds. The maximum atomic E-state index is 12.4. The number of nitrogens with one attached hydrogen (secondary N) is 2. The van der Waals surface area contributed by atoms with Crippen LogP contribution in [0.3, 0.4) is 0 Å². The zero-order valence-corrected chi connectivity index (χ0v) is 17.1. The molecular weight excluding hydrogens is 386 g/mol. The predicted molar refractivity (Wildman–Crippen MR) is 116 cm³/mol. The summed E-state index contributed by atoms with van der Waals surface area (Å²) in [7, 11) is 0. The molecule has 8 heteroatoms. The monoisotopic (exact) mass is 407 g/mol. The lowest BCUT2D eigenvalue weighted by Crippen LogP contribution is -2.23. The molecule has 29 heavy (non-hydrogen) atoms. The number of para-hydroxylation sites is 1. The Labute approximate surface area is 171 Å². The van der Waals surface area contributed by atoms with Crippen molar-refractivity contribution in [2.45, 2.75) is 32.7 Å². The smallest absolute Gasteiger partial charge is 0.286 e. The Hall–Kier alpha value is -3.26. The molecule has 4 rings (SSSR count). The molecule has 0 radical (unpaired) electrons. The molecule has 1 atom stereocenters. The first-order valence-corrected chi connectivity index (χ1v) is 10.2. The van der Waals surface area contributed by atoms with Gasteiger partial charge in [-0.2, -0.15) is 0 Å². The molecule has 0 spiro atoms. The lowest BCUT2D eigenvalue weighted by Gasteiger charge is -2.07. The first-order chi connectivity index (χ1) is 13.9. The van der Waals surface area contributed by atoms with Gasteiger partial charge in [0.1, 0.15) is 6.04 Å². The molecule has 0 fully saturated rings. The predicted octanol–water partition coefficient (Wildman–Crippen LogP) is 5.72. The number of aromatic nitrogens is 2. The van der Waals surface area contributed by atoms with E-state index < -0.39 is 11.9 Å². The summed E-state index contributed by atoms with van der Waals surface area (Å²) in [4.78, 5) is 19.8. The van der Waals surface area contributed by atoms with Gasteiger partial charge in [-0.25, -0.2) is 4.98 Å². The molecular formula is C21H21N5O2S. The molecule has 0 aliphatic carbocycles. The van der Waals surface area contributed by atoms with E-state index >= 15 is 0 Å². The minimum atomic E-state index is -0.599. The second-order valence-electron chi connectivity index (χ2n) is 7.17. The van der Waals surface area contributed by atoms with E-state index in [2.05, 4.69) is 39.4 Å². The molecule has 0 bridgehead atoms. The van der Waals surface area contributed by atoms with Crippen LogP contribution >= 0.6 is 11.3 Å². The van der Waals surface area contributed by atoms with Crippen LogP contribution in [-0.4, -0.2) is 27.0 Å². The second-order valence-corrected chi connectivity index (χ2v) is 8.20. The highest BCUT2D eigenvalue weighted by Gasteiger charge is 2.16. The Balaban J connectivity index is 1.54. The van der Waals surface area contributed by atoms with Crippen molar-refractivity contribution in [3.63, 3.8) is 0 Å². The van der Waals surface area contributed by atoms with Crippen LogP contribution < -0.4 is 5.32 Å². The molecule has 3 N–H and O–H groups in total. The number of azo groups is 1. The van der Waals surface area contributed by atoms with Crippen molar-refractivity contribution in [3.05, 3.63) is 48.0 Å². The third-order valence-electron chi connectivity index (χ3n) is 4.70. The van der Waals surface area contributed by atoms with Gasteiger partial charge in [-0.15, -0.1) is 10.2 Å². The number of benzene rings is 2. The maximum absolute atomic E-state index is 12.4. The van der Waals surface area contributed by atoms with Crippen molar-refractivity contribution in [1.29, 1.82) is 0 Å². The van der Waals surface area contributed by atoms with Crippen molar-refractivity contribution in [2.75, 3.05) is 5.32 Å². The normalized spacial score (nSPS) is 13.0. The van der Waals surface area contributed by atoms with E-state index in [1.807, 2.05) is 42.5 Å². The summed E-state index contributed by atoms with van der Waals surface area (Å²) in [5.41, 5.74) is 3.01. The molecule has 0 unspecified atom stereocenters. The van der Waals surface area contributed by atoms with E-state index in [0.717, 1.165) is 26.7 Å². The van der Waals surface area contributed by atoms with Gasteiger partial charge in [-0.3, -0.25) is 4.79 Å². The summed E-state index contributed by atoms with van der Waals surface area (Å²) in [6.07, 6.45) is 0. The molecule has 0 saturated heterocycles. The number of amides is 1. The van der Waals surface area contributed by atoms with Crippen molar-refractivity contribution >= 4 is 49.2 Å². The van der Waals surface area contributed by atoms with Gasteiger partial charge in [0.05, 0.1) is 15.7 Å². The summed E-state index contributed by atoms with van der Waals surface area (Å²) in [5.74, 6) is -0.219. The molecule has 7 nitrogen and oxygen atoms in total. The first-order valence-electron chi connectivity index (χ1n) is 9.34. The van der Waals surface area contributed by atoms with Crippen LogP contribution in [0, 0.1) is 0 Å². The number of H-pyrrole nitrogens is 1. The van der Waals surface area contributed by atoms with E-state index in [1.54, 1.807) is 6.92 Å². The lowest BCUT2D eigenvalue weighted by molar-refractivity contribution is -0.118. The van der Waals surface area contributed by atoms with Gasteiger partial charge in [-0.1, -0.05) is 43.4 Å². The minimum Gasteiger partial charge on any atom is -0.493 e. The Kier molecular flexibility index (Phi) is 5.02. The van der Waals surface area contributed by atoms with Crippen LogP contribution in [-0.2, 0) is 4.79 Å². The van der Waals surface area contributed by atoms with Crippen molar-refractivity contribution in [3.8, 4) is 5.88 Å². The summed E-state index contributed by atoms with van der Waals surface area (Å²) >= 11 is 1.48. The van der Waals surface area contributed by atoms with E-state index in [0.29, 0.717) is 11.0 Å².